The zero-order chi connectivity index (χ0) is 18.1. The molecule has 0 aliphatic heterocycles. The highest BCUT2D eigenvalue weighted by atomic mass is 79.9. The fraction of sp³-hybridized carbons (Fsp3) is 0.316. The number of benzene rings is 2. The van der Waals surface area contributed by atoms with Crippen LogP contribution in [0.25, 0.3) is 0 Å². The van der Waals surface area contributed by atoms with Gasteiger partial charge in [0.05, 0.1) is 5.71 Å². The lowest BCUT2D eigenvalue weighted by Crippen LogP contribution is -2.43. The van der Waals surface area contributed by atoms with Gasteiger partial charge in [-0.1, -0.05) is 64.8 Å². The summed E-state index contributed by atoms with van der Waals surface area (Å²) in [4.78, 5) is 0. The van der Waals surface area contributed by atoms with Gasteiger partial charge in [-0.15, -0.1) is 0 Å². The number of hydrogen-bond acceptors (Lipinski definition) is 2. The van der Waals surface area contributed by atoms with Gasteiger partial charge in [-0.05, 0) is 48.5 Å². The average molecular weight is 469 g/mol. The molecule has 1 N–H and O–H groups in total. The maximum Gasteiger partial charge on any atom is 0.250 e. The Morgan fingerprint density at radius 3 is 2.08 bits per heavy atom. The van der Waals surface area contributed by atoms with E-state index < -0.39 is 8.32 Å². The van der Waals surface area contributed by atoms with Crippen molar-refractivity contribution in [2.24, 2.45) is 0 Å². The van der Waals surface area contributed by atoms with Crippen molar-refractivity contribution in [2.75, 3.05) is 0 Å². The van der Waals surface area contributed by atoms with Gasteiger partial charge < -0.3 is 4.43 Å². The van der Waals surface area contributed by atoms with Crippen LogP contribution in [-0.2, 0) is 0 Å². The second-order valence-corrected chi connectivity index (χ2v) is 14.0. The van der Waals surface area contributed by atoms with Crippen LogP contribution < -0.4 is 4.43 Å². The number of hydrogen-bond donors (Lipinski definition) is 1. The van der Waals surface area contributed by atoms with E-state index in [1.54, 1.807) is 0 Å². The zero-order valence-electron chi connectivity index (χ0n) is 14.7. The third kappa shape index (κ3) is 4.58. The average Bonchev–Trinajstić information content (AvgIpc) is 2.44. The molecular weight excluding hydrogens is 446 g/mol. The maximum absolute atomic E-state index is 8.53. The molecule has 24 heavy (non-hydrogen) atoms. The van der Waals surface area contributed by atoms with E-state index in [2.05, 4.69) is 65.7 Å². The molecule has 0 unspecified atom stereocenters. The lowest BCUT2D eigenvalue weighted by atomic mass is 10.0. The molecule has 128 valence electrons. The van der Waals surface area contributed by atoms with E-state index in [9.17, 15) is 0 Å². The van der Waals surface area contributed by atoms with Crippen molar-refractivity contribution in [3.05, 3.63) is 62.5 Å². The van der Waals surface area contributed by atoms with Crippen molar-refractivity contribution in [3.63, 3.8) is 0 Å². The third-order valence-corrected chi connectivity index (χ3v) is 9.73. The molecule has 2 rings (SSSR count). The summed E-state index contributed by atoms with van der Waals surface area (Å²) < 4.78 is 8.26. The van der Waals surface area contributed by atoms with Gasteiger partial charge in [0.2, 0.25) is 8.32 Å². The topological polar surface area (TPSA) is 33.1 Å². The number of halogens is 2. The van der Waals surface area contributed by atoms with E-state index in [4.69, 9.17) is 9.84 Å². The summed E-state index contributed by atoms with van der Waals surface area (Å²) in [6.45, 7) is 11.1. The molecule has 2 nitrogen and oxygen atoms in total. The Balaban J connectivity index is 2.32. The molecule has 0 saturated heterocycles. The van der Waals surface area contributed by atoms with Crippen molar-refractivity contribution < 1.29 is 4.43 Å². The van der Waals surface area contributed by atoms with Gasteiger partial charge in [-0.2, -0.15) is 0 Å². The highest BCUT2D eigenvalue weighted by Gasteiger charge is 2.38. The molecule has 0 heterocycles. The van der Waals surface area contributed by atoms with Crippen LogP contribution in [0.5, 0.6) is 5.75 Å². The molecule has 0 fully saturated rings. The third-order valence-electron chi connectivity index (χ3n) is 4.45. The van der Waals surface area contributed by atoms with Gasteiger partial charge in [-0.3, -0.25) is 5.41 Å². The van der Waals surface area contributed by atoms with E-state index in [1.807, 2.05) is 42.5 Å². The fourth-order valence-electron chi connectivity index (χ4n) is 2.03. The SMILES string of the molecule is CC(C)(C)[Si](C)(C)Oc1cccc(C(=N)c2cc(Br)cc(Br)c2)c1. The van der Waals surface area contributed by atoms with Crippen LogP contribution in [0.2, 0.25) is 18.1 Å². The van der Waals surface area contributed by atoms with Crippen LogP contribution in [0.4, 0.5) is 0 Å². The van der Waals surface area contributed by atoms with E-state index in [0.29, 0.717) is 5.71 Å². The molecule has 0 radical (unpaired) electrons. The normalized spacial score (nSPS) is 12.1. The number of nitrogens with one attached hydrogen (secondary N) is 1. The van der Waals surface area contributed by atoms with E-state index >= 15 is 0 Å². The smallest absolute Gasteiger partial charge is 0.250 e. The summed E-state index contributed by atoms with van der Waals surface area (Å²) in [5.74, 6) is 0.845. The largest absolute Gasteiger partial charge is 0.543 e. The molecule has 0 amide bonds. The Morgan fingerprint density at radius 2 is 1.54 bits per heavy atom. The Hall–Kier alpha value is -0.913. The van der Waals surface area contributed by atoms with Crippen LogP contribution >= 0.6 is 31.9 Å². The second kappa shape index (κ2) is 7.14. The van der Waals surface area contributed by atoms with Gasteiger partial charge >= 0.3 is 0 Å². The quantitative estimate of drug-likeness (QED) is 0.379. The second-order valence-electron chi connectivity index (χ2n) is 7.42. The standard InChI is InChI=1S/C19H23Br2NOSi/c1-19(2,3)24(4,5)23-17-8-6-7-13(11-17)18(22)14-9-15(20)12-16(21)10-14/h6-12,22H,1-5H3. The Bertz CT molecular complexity index is 746. The molecule has 5 heteroatoms. The van der Waals surface area contributed by atoms with Crippen LogP contribution in [0, 0.1) is 5.41 Å². The molecule has 0 aromatic heterocycles. The highest BCUT2D eigenvalue weighted by Crippen LogP contribution is 2.37. The van der Waals surface area contributed by atoms with Crippen LogP contribution in [0.1, 0.15) is 31.9 Å². The molecule has 0 saturated carbocycles. The summed E-state index contributed by atoms with van der Waals surface area (Å²) in [5, 5.41) is 8.67. The van der Waals surface area contributed by atoms with Crippen molar-refractivity contribution in [3.8, 4) is 5.75 Å². The lowest BCUT2D eigenvalue weighted by Gasteiger charge is -2.36. The molecule has 0 atom stereocenters. The van der Waals surface area contributed by atoms with Crippen molar-refractivity contribution >= 4 is 45.9 Å². The van der Waals surface area contributed by atoms with Crippen LogP contribution in [0.15, 0.2) is 51.4 Å². The predicted octanol–water partition coefficient (Wildman–Crippen LogP) is 7.01. The van der Waals surface area contributed by atoms with Gasteiger partial charge in [0.1, 0.15) is 5.75 Å². The molecule has 0 aliphatic carbocycles. The molecule has 2 aromatic carbocycles. The molecule has 0 bridgehead atoms. The Kier molecular flexibility index (Phi) is 5.78. The van der Waals surface area contributed by atoms with Gasteiger partial charge in [0, 0.05) is 20.1 Å². The van der Waals surface area contributed by atoms with Crippen molar-refractivity contribution in [1.82, 2.24) is 0 Å². The summed E-state index contributed by atoms with van der Waals surface area (Å²) in [7, 11) is -1.89. The van der Waals surface area contributed by atoms with Crippen LogP contribution in [0.3, 0.4) is 0 Å². The summed E-state index contributed by atoms with van der Waals surface area (Å²) >= 11 is 6.97. The van der Waals surface area contributed by atoms with Gasteiger partial charge in [0.25, 0.3) is 0 Å². The molecule has 0 aliphatic rings. The zero-order valence-corrected chi connectivity index (χ0v) is 18.9. The summed E-state index contributed by atoms with van der Waals surface area (Å²) in [6.07, 6.45) is 0. The Morgan fingerprint density at radius 1 is 0.958 bits per heavy atom. The van der Waals surface area contributed by atoms with E-state index in [0.717, 1.165) is 25.8 Å². The summed E-state index contributed by atoms with van der Waals surface area (Å²) in [5.41, 5.74) is 2.20. The minimum Gasteiger partial charge on any atom is -0.543 e. The van der Waals surface area contributed by atoms with Crippen molar-refractivity contribution in [1.29, 1.82) is 5.41 Å². The first-order valence-corrected chi connectivity index (χ1v) is 12.3. The number of rotatable bonds is 4. The maximum atomic E-state index is 8.53. The predicted molar refractivity (Wildman–Crippen MR) is 112 cm³/mol. The first kappa shape index (κ1) is 19.4. The minimum absolute atomic E-state index is 0.145. The fourth-order valence-corrected chi connectivity index (χ4v) is 4.34. The lowest BCUT2D eigenvalue weighted by molar-refractivity contribution is 0.492. The highest BCUT2D eigenvalue weighted by molar-refractivity contribution is 9.11. The van der Waals surface area contributed by atoms with Gasteiger partial charge in [-0.25, -0.2) is 0 Å². The molecule has 2 aromatic rings. The molecule has 0 spiro atoms. The minimum atomic E-state index is -1.89. The summed E-state index contributed by atoms with van der Waals surface area (Å²) in [6, 6.07) is 13.7. The monoisotopic (exact) mass is 467 g/mol. The van der Waals surface area contributed by atoms with E-state index in [-0.39, 0.29) is 5.04 Å². The molecular formula is C19H23Br2NOSi. The van der Waals surface area contributed by atoms with Crippen LogP contribution in [-0.4, -0.2) is 14.0 Å². The van der Waals surface area contributed by atoms with Crippen molar-refractivity contribution in [2.45, 2.75) is 38.9 Å². The van der Waals surface area contributed by atoms with E-state index in [1.165, 1.54) is 0 Å². The first-order chi connectivity index (χ1) is 11.0. The first-order valence-electron chi connectivity index (χ1n) is 7.84. The van der Waals surface area contributed by atoms with Gasteiger partial charge in [0.15, 0.2) is 0 Å². The Labute approximate surface area is 162 Å².